The highest BCUT2D eigenvalue weighted by atomic mass is 31.2. The lowest BCUT2D eigenvalue weighted by Gasteiger charge is -2.13. The zero-order valence-corrected chi connectivity index (χ0v) is 49.5. The van der Waals surface area contributed by atoms with E-state index in [0.717, 1.165) is 153 Å². The van der Waals surface area contributed by atoms with Crippen molar-refractivity contribution in [3.63, 3.8) is 0 Å². The lowest BCUT2D eigenvalue weighted by molar-refractivity contribution is 0.622. The van der Waals surface area contributed by atoms with Crippen molar-refractivity contribution in [2.45, 2.75) is 0 Å². The Hall–Kier alpha value is -10.6. The number of nitrogens with zero attached hydrogens (tertiary/aromatic N) is 1. The summed E-state index contributed by atoms with van der Waals surface area (Å²) in [6, 6.07) is 105. The van der Waals surface area contributed by atoms with E-state index in [1.165, 1.54) is 21.5 Å². The molecule has 414 valence electrons. The number of hydrogen-bond acceptors (Lipinski definition) is 5. The Morgan fingerprint density at radius 1 is 0.216 bits per heavy atom. The van der Waals surface area contributed by atoms with Crippen molar-refractivity contribution in [2.24, 2.45) is 0 Å². The van der Waals surface area contributed by atoms with E-state index in [0.29, 0.717) is 0 Å². The van der Waals surface area contributed by atoms with Crippen LogP contribution in [-0.2, 0) is 0 Å². The Morgan fingerprint density at radius 3 is 0.659 bits per heavy atom. The monoisotopic (exact) mass is 1160 g/mol. The molecule has 0 aliphatic heterocycles. The van der Waals surface area contributed by atoms with Crippen LogP contribution in [0.15, 0.2) is 308 Å². The van der Waals surface area contributed by atoms with Gasteiger partial charge < -0.3 is 16.8 Å². The van der Waals surface area contributed by atoms with Crippen molar-refractivity contribution in [1.82, 2.24) is 0 Å². The van der Waals surface area contributed by atoms with Gasteiger partial charge in [0.05, 0.1) is 0 Å². The first-order valence-corrected chi connectivity index (χ1v) is 32.0. The fraction of sp³-hybridized carbons (Fsp3) is 0.0123. The Kier molecular flexibility index (Phi) is 11.7. The van der Waals surface area contributed by atoms with Crippen LogP contribution in [0.4, 0.5) is 0 Å². The van der Waals surface area contributed by atoms with Crippen molar-refractivity contribution >= 4 is 146 Å². The molecule has 16 aromatic carbocycles. The van der Waals surface area contributed by atoms with Crippen LogP contribution in [0.2, 0.25) is 0 Å². The molecule has 0 amide bonds. The zero-order chi connectivity index (χ0) is 58.0. The van der Waals surface area contributed by atoms with E-state index in [2.05, 4.69) is 303 Å². The maximum atomic E-state index is 7.98. The number of fused-ring (bicyclic) bond motifs is 18. The van der Waals surface area contributed by atoms with Gasteiger partial charge in [0.15, 0.2) is 22.3 Å². The van der Waals surface area contributed by atoms with Gasteiger partial charge in [-0.1, -0.05) is 243 Å². The molecular weight excluding hydrogens is 1110 g/mol. The lowest BCUT2D eigenvalue weighted by Crippen LogP contribution is -1.98. The fourth-order valence-corrected chi connectivity index (χ4v) is 16.5. The summed E-state index contributed by atoms with van der Waals surface area (Å²) in [5.41, 5.74) is 10.9. The van der Waals surface area contributed by atoms with Crippen LogP contribution in [0.1, 0.15) is 0 Å². The van der Waals surface area contributed by atoms with Crippen LogP contribution in [0.5, 0.6) is 0 Å². The molecule has 7 heteroatoms. The van der Waals surface area contributed by atoms with Gasteiger partial charge in [0, 0.05) is 50.8 Å². The maximum Gasteiger partial charge on any atom is 0.322 e. The highest BCUT2D eigenvalue weighted by molar-refractivity contribution is 7.58. The lowest BCUT2D eigenvalue weighted by atomic mass is 9.91. The molecule has 0 bridgehead atoms. The van der Waals surface area contributed by atoms with Crippen LogP contribution in [0, 0.1) is 0 Å². The molecule has 18 rings (SSSR count). The molecule has 88 heavy (non-hydrogen) atoms. The molecule has 5 nitrogen and oxygen atoms in total. The minimum Gasteiger partial charge on any atom is -0.407 e. The first kappa shape index (κ1) is 50.7. The van der Waals surface area contributed by atoms with E-state index in [1.807, 2.05) is 0 Å². The average Bonchev–Trinajstić information content (AvgIpc) is 1.99. The number of hydrogen-bond donors (Lipinski definition) is 0. The molecule has 2 aromatic heterocycles. The Labute approximate surface area is 507 Å². The normalized spacial score (nSPS) is 12.0. The van der Waals surface area contributed by atoms with Crippen molar-refractivity contribution in [2.75, 3.05) is 11.5 Å². The summed E-state index contributed by atoms with van der Waals surface area (Å²) in [5, 5.41) is 21.7. The quantitative estimate of drug-likeness (QED) is 0.166. The second kappa shape index (κ2) is 20.2. The van der Waals surface area contributed by atoms with Gasteiger partial charge in [-0.3, -0.25) is 0 Å². The molecule has 2 heterocycles. The zero-order valence-electron chi connectivity index (χ0n) is 47.7. The van der Waals surface area contributed by atoms with Gasteiger partial charge >= 0.3 is 16.3 Å². The molecule has 0 radical (unpaired) electrons. The van der Waals surface area contributed by atoms with Crippen LogP contribution >= 0.6 is 16.3 Å². The van der Waals surface area contributed by atoms with Gasteiger partial charge in [-0.25, -0.2) is 0 Å². The van der Waals surface area contributed by atoms with Crippen LogP contribution in [0.25, 0.3) is 175 Å². The minimum atomic E-state index is -2.17. The maximum absolute atomic E-state index is 7.98. The van der Waals surface area contributed by atoms with Gasteiger partial charge in [-0.05, 0) is 157 Å². The SMILES string of the molecule is CN(p1oc2c(-c3ccc4ccccc4c3)cc3ccccc3c2c2c(o1)c(-c1ccc3ccccc3c1)cc1ccccc12)p1oc2c(-c3ccc4ccccc4c3)cc3ccccc3c2c2c(o1)c(-c1ccc3ccccc3c1)cc1ccccc12. The molecule has 0 unspecified atom stereocenters. The Morgan fingerprint density at radius 2 is 0.420 bits per heavy atom. The molecular formula is C81H51NO4P2. The van der Waals surface area contributed by atoms with Gasteiger partial charge in [-0.15, -0.1) is 4.44 Å². The van der Waals surface area contributed by atoms with Crippen LogP contribution in [0.3, 0.4) is 0 Å². The average molecular weight is 1160 g/mol. The largest absolute Gasteiger partial charge is 0.407 e. The molecule has 0 spiro atoms. The predicted octanol–water partition coefficient (Wildman–Crippen LogP) is 24.8. The third kappa shape index (κ3) is 8.20. The van der Waals surface area contributed by atoms with Crippen molar-refractivity contribution in [3.05, 3.63) is 291 Å². The van der Waals surface area contributed by atoms with E-state index in [9.17, 15) is 0 Å². The van der Waals surface area contributed by atoms with E-state index >= 15 is 0 Å². The Bertz CT molecular complexity index is 5330. The Balaban J connectivity index is 1.04. The van der Waals surface area contributed by atoms with E-state index in [1.54, 1.807) is 0 Å². The summed E-state index contributed by atoms with van der Waals surface area (Å²) in [4.78, 5) is 0. The fourth-order valence-electron chi connectivity index (χ4n) is 13.6. The molecule has 0 fully saturated rings. The molecule has 18 aromatic rings. The second-order valence-corrected chi connectivity index (χ2v) is 26.2. The van der Waals surface area contributed by atoms with Crippen molar-refractivity contribution in [3.8, 4) is 44.5 Å². The highest BCUT2D eigenvalue weighted by Gasteiger charge is 2.27. The molecule has 0 aliphatic rings. The molecule has 0 saturated heterocycles. The smallest absolute Gasteiger partial charge is 0.322 e. The first-order chi connectivity index (χ1) is 43.5. The van der Waals surface area contributed by atoms with E-state index < -0.39 is 16.3 Å². The van der Waals surface area contributed by atoms with E-state index in [4.69, 9.17) is 16.8 Å². The van der Waals surface area contributed by atoms with Crippen molar-refractivity contribution < 1.29 is 16.8 Å². The van der Waals surface area contributed by atoms with Gasteiger partial charge in [0.25, 0.3) is 0 Å². The van der Waals surface area contributed by atoms with E-state index in [-0.39, 0.29) is 0 Å². The summed E-state index contributed by atoms with van der Waals surface area (Å²) >= 11 is 0. The highest BCUT2D eigenvalue weighted by Crippen LogP contribution is 2.55. The summed E-state index contributed by atoms with van der Waals surface area (Å²) in [7, 11) is -2.28. The third-order valence-corrected chi connectivity index (χ3v) is 21.1. The van der Waals surface area contributed by atoms with Crippen molar-refractivity contribution in [1.29, 1.82) is 0 Å². The molecule has 0 atom stereocenters. The number of rotatable bonds is 6. The van der Waals surface area contributed by atoms with Gasteiger partial charge in [0.1, 0.15) is 0 Å². The van der Waals surface area contributed by atoms with Gasteiger partial charge in [0.2, 0.25) is 0 Å². The first-order valence-electron chi connectivity index (χ1n) is 29.8. The summed E-state index contributed by atoms with van der Waals surface area (Å²) < 4.78 is 34.0. The van der Waals surface area contributed by atoms with Gasteiger partial charge in [-0.2, -0.15) is 0 Å². The molecule has 0 aliphatic carbocycles. The minimum absolute atomic E-state index is 0.725. The second-order valence-electron chi connectivity index (χ2n) is 23.0. The topological polar surface area (TPSA) is 55.8 Å². The predicted molar refractivity (Wildman–Crippen MR) is 374 cm³/mol. The van der Waals surface area contributed by atoms with Crippen LogP contribution < -0.4 is 4.44 Å². The standard InChI is InChI=1S/C81H51NO4P2/c1-82(87-83-78-70(62-38-34-50-18-2-6-22-54(50)42-62)46-58-26-10-14-30-66(58)74(78)75-67-31-15-11-27-59(67)47-71(79(75)84-87)63-39-35-51-19-3-7-23-55(51)43-63)88-85-80-72(64-40-36-52-20-4-8-24-56(52)44-64)48-60-28-12-16-32-68(60)76(80)77-69-33-17-13-29-61(69)49-73(81(77)86-88)65-41-37-53-21-5-9-25-57(53)45-65/h2-49H,1H3. The third-order valence-electron chi connectivity index (χ3n) is 17.9. The molecule has 0 saturated carbocycles. The summed E-state index contributed by atoms with van der Waals surface area (Å²) in [5.74, 6) is 0. The van der Waals surface area contributed by atoms with Crippen LogP contribution in [-0.4, -0.2) is 7.05 Å². The number of benzene rings is 16. The summed E-state index contributed by atoms with van der Waals surface area (Å²) in [6.45, 7) is 0. The summed E-state index contributed by atoms with van der Waals surface area (Å²) in [6.07, 6.45) is 0. The molecule has 0 N–H and O–H groups in total.